The van der Waals surface area contributed by atoms with Crippen molar-refractivity contribution in [2.75, 3.05) is 101 Å². The zero-order valence-corrected chi connectivity index (χ0v) is 70.0. The minimum absolute atomic E-state index is 0.154. The van der Waals surface area contributed by atoms with Crippen LogP contribution in [0.2, 0.25) is 0 Å². The number of imidazole rings is 3. The zero-order chi connectivity index (χ0) is 87.4. The molecule has 6 heterocycles. The molecule has 3 amide bonds. The first kappa shape index (κ1) is 84.4. The van der Waals surface area contributed by atoms with Gasteiger partial charge in [0.15, 0.2) is 34.4 Å². The highest BCUT2D eigenvalue weighted by Crippen LogP contribution is 2.34. The van der Waals surface area contributed by atoms with Gasteiger partial charge in [-0.3, -0.25) is 37.9 Å². The molecule has 2 aliphatic carbocycles. The molecule has 9 aromatic carbocycles. The maximum atomic E-state index is 14.0. The van der Waals surface area contributed by atoms with E-state index in [0.717, 1.165) is 13.1 Å². The van der Waals surface area contributed by atoms with Crippen molar-refractivity contribution >= 4 is 85.7 Å². The molecule has 2 saturated carbocycles. The number of nitrogens with zero attached hydrogens (tertiary/aromatic N) is 18. The standard InChI is InChI=1S/C33H33N7O3.C32H31N7O3.C30H29N7O3/c1-37(23-9-6-10-23)20-8-15-29(41)38(2)25-11-7-12-26(21-25)40-32-30(31(34)35-22-36-32)39(33(40)42)24-16-18-28(19-17-24)43-27-13-4-3-5-14-27;1-36(22-13-14-22)19-7-12-28(40)37(2)24-8-6-9-25(20-24)39-31-29(30(33)34-21-35-31)38(32(39)41)23-15-17-27(18-16-23)42-26-10-4-3-5-11-26;1-34(2)18-8-13-26(38)35(3)22-9-7-10-23(19-22)37-29-27(28(31)32-20-33-29)36(30(37)39)21-14-16-25(17-15-21)40-24-11-5-4-6-12-24/h3-5,7-8,11-19,21-23H,6,9-10,20H2,1-2H3,(H2,34,35,36);3-12,15-18,20-22H,13-14,19H2,1-2H3,(H2,33,34,35);4-17,19-20H,18H2,1-3H3,(H2,31,32,33)/b15-8+;12-7+;13-8+. The number of hydrogen-bond donors (Lipinski definition) is 3. The average Bonchev–Trinajstić information content (AvgIpc) is 1.60. The van der Waals surface area contributed by atoms with Gasteiger partial charge in [-0.05, 0) is 218 Å². The minimum Gasteiger partial charge on any atom is -0.457 e. The Morgan fingerprint density at radius 2 is 0.616 bits per heavy atom. The summed E-state index contributed by atoms with van der Waals surface area (Å²) in [6.07, 6.45) is 20.4. The molecule has 30 nitrogen and oxygen atoms in total. The van der Waals surface area contributed by atoms with Gasteiger partial charge in [0.05, 0.1) is 34.1 Å². The van der Waals surface area contributed by atoms with Gasteiger partial charge in [-0.25, -0.2) is 58.0 Å². The van der Waals surface area contributed by atoms with Crippen molar-refractivity contribution in [2.45, 2.75) is 44.2 Å². The number of aromatic nitrogens is 12. The first-order valence-corrected chi connectivity index (χ1v) is 40.6. The number of benzene rings is 9. The monoisotopic (exact) mass is 1670 g/mol. The Kier molecular flexibility index (Phi) is 25.6. The fourth-order valence-electron chi connectivity index (χ4n) is 14.3. The largest absolute Gasteiger partial charge is 0.457 e. The van der Waals surface area contributed by atoms with Gasteiger partial charge in [0, 0.05) is 88.2 Å². The van der Waals surface area contributed by atoms with E-state index < -0.39 is 0 Å². The van der Waals surface area contributed by atoms with Crippen molar-refractivity contribution in [3.8, 4) is 68.6 Å². The molecule has 15 aromatic rings. The van der Waals surface area contributed by atoms with Crippen molar-refractivity contribution < 1.29 is 28.6 Å². The summed E-state index contributed by atoms with van der Waals surface area (Å²) < 4.78 is 26.6. The maximum absolute atomic E-state index is 14.0. The van der Waals surface area contributed by atoms with Crippen LogP contribution in [0.4, 0.5) is 34.5 Å². The van der Waals surface area contributed by atoms with Gasteiger partial charge in [-0.1, -0.05) is 97.4 Å². The van der Waals surface area contributed by atoms with E-state index in [1.807, 2.05) is 134 Å². The molecule has 0 spiro atoms. The smallest absolute Gasteiger partial charge is 0.339 e. The van der Waals surface area contributed by atoms with Crippen LogP contribution in [0.25, 0.3) is 67.6 Å². The first-order chi connectivity index (χ1) is 60.6. The lowest BCUT2D eigenvalue weighted by atomic mass is 9.92. The number of amides is 3. The third kappa shape index (κ3) is 19.1. The number of nitrogen functional groups attached to an aromatic ring is 3. The minimum atomic E-state index is -0.379. The summed E-state index contributed by atoms with van der Waals surface area (Å²) in [5, 5.41) is 0. The van der Waals surface area contributed by atoms with Crippen LogP contribution in [-0.2, 0) is 14.4 Å². The second-order valence-electron chi connectivity index (χ2n) is 30.3. The normalized spacial score (nSPS) is 12.7. The van der Waals surface area contributed by atoms with Gasteiger partial charge in [0.1, 0.15) is 70.0 Å². The Hall–Kier alpha value is -15.7. The SMILES string of the molecule is CN(C(=O)/C=C/CN(C)C1CC1)c1cccc(-n2c(=O)n(-c3ccc(Oc4ccccc4)cc3)c3c(N)ncnc32)c1.CN(C(=O)/C=C/CN(C)C1CCC1)c1cccc(-n2c(=O)n(-c3ccc(Oc4ccccc4)cc3)c3c(N)ncnc32)c1.CN(C)C/C=C/C(=O)N(C)c1cccc(-n2c(=O)n(-c3ccc(Oc4ccccc4)cc3)c3c(N)ncnc32)c1. The van der Waals surface area contributed by atoms with Gasteiger partial charge in [0.2, 0.25) is 17.7 Å². The number of fused-ring (bicyclic) bond motifs is 3. The van der Waals surface area contributed by atoms with E-state index in [9.17, 15) is 28.8 Å². The summed E-state index contributed by atoms with van der Waals surface area (Å²) in [6, 6.07) is 72.5. The topological polar surface area (TPSA) is 335 Å². The molecule has 6 N–H and O–H groups in total. The Labute approximate surface area is 719 Å². The van der Waals surface area contributed by atoms with E-state index >= 15 is 0 Å². The Morgan fingerprint density at radius 3 is 0.888 bits per heavy atom. The summed E-state index contributed by atoms with van der Waals surface area (Å²) in [6.45, 7) is 2.09. The maximum Gasteiger partial charge on any atom is 0.339 e. The molecule has 0 unspecified atom stereocenters. The number of anilines is 6. The van der Waals surface area contributed by atoms with Crippen molar-refractivity contribution in [1.82, 2.24) is 72.0 Å². The number of carbonyl (C=O) groups is 3. The lowest BCUT2D eigenvalue weighted by molar-refractivity contribution is -0.114. The Balaban J connectivity index is 0.000000145. The van der Waals surface area contributed by atoms with Crippen LogP contribution in [0.1, 0.15) is 32.1 Å². The molecule has 632 valence electrons. The highest BCUT2D eigenvalue weighted by Gasteiger charge is 2.28. The number of nitrogens with two attached hydrogens (primary N) is 3. The van der Waals surface area contributed by atoms with Gasteiger partial charge >= 0.3 is 17.1 Å². The third-order valence-electron chi connectivity index (χ3n) is 21.5. The van der Waals surface area contributed by atoms with Crippen molar-refractivity contribution in [3.63, 3.8) is 0 Å². The third-order valence-corrected chi connectivity index (χ3v) is 21.5. The van der Waals surface area contributed by atoms with Crippen molar-refractivity contribution in [3.05, 3.63) is 323 Å². The number of para-hydroxylation sites is 3. The molecule has 30 heteroatoms. The van der Waals surface area contributed by atoms with Crippen LogP contribution in [0.3, 0.4) is 0 Å². The molecular weight excluding hydrogens is 1580 g/mol. The van der Waals surface area contributed by atoms with E-state index in [0.29, 0.717) is 138 Å². The van der Waals surface area contributed by atoms with E-state index in [-0.39, 0.29) is 52.2 Å². The number of hydrogen-bond acceptors (Lipinski definition) is 21. The average molecular weight is 1670 g/mol. The van der Waals surface area contributed by atoms with E-state index in [4.69, 9.17) is 31.4 Å². The highest BCUT2D eigenvalue weighted by molar-refractivity contribution is 6.03. The molecule has 125 heavy (non-hydrogen) atoms. The lowest BCUT2D eigenvalue weighted by Gasteiger charge is -2.33. The molecule has 17 rings (SSSR count). The van der Waals surface area contributed by atoms with Crippen LogP contribution in [0.15, 0.2) is 306 Å². The molecule has 0 aliphatic heterocycles. The van der Waals surface area contributed by atoms with Crippen LogP contribution in [-0.4, -0.2) is 171 Å². The van der Waals surface area contributed by atoms with Crippen molar-refractivity contribution in [2.24, 2.45) is 0 Å². The highest BCUT2D eigenvalue weighted by atomic mass is 16.5. The van der Waals surface area contributed by atoms with Crippen LogP contribution >= 0.6 is 0 Å². The summed E-state index contributed by atoms with van der Waals surface area (Å²) in [7, 11) is 13.1. The zero-order valence-electron chi connectivity index (χ0n) is 70.0. The van der Waals surface area contributed by atoms with Gasteiger partial charge in [-0.15, -0.1) is 0 Å². The molecule has 6 aromatic heterocycles. The van der Waals surface area contributed by atoms with Crippen LogP contribution < -0.4 is 63.2 Å². The predicted octanol–water partition coefficient (Wildman–Crippen LogP) is 13.5. The predicted molar refractivity (Wildman–Crippen MR) is 488 cm³/mol. The Morgan fingerprint density at radius 1 is 0.336 bits per heavy atom. The van der Waals surface area contributed by atoms with Gasteiger partial charge in [-0.2, -0.15) is 0 Å². The molecule has 0 bridgehead atoms. The molecule has 0 atom stereocenters. The summed E-state index contributed by atoms with van der Waals surface area (Å²) in [5.41, 5.74) is 25.2. The van der Waals surface area contributed by atoms with E-state index in [1.165, 1.54) is 89.5 Å². The Bertz CT molecular complexity index is 6680. The van der Waals surface area contributed by atoms with E-state index in [2.05, 4.69) is 53.8 Å². The number of carbonyl (C=O) groups excluding carboxylic acids is 3. The second-order valence-corrected chi connectivity index (χ2v) is 30.3. The lowest BCUT2D eigenvalue weighted by Crippen LogP contribution is -2.37. The number of likely N-dealkylation sites (N-methyl/N-ethyl adjacent to an activating group) is 6. The molecule has 0 radical (unpaired) electrons. The summed E-state index contributed by atoms with van der Waals surface area (Å²) in [4.78, 5) is 117. The van der Waals surface area contributed by atoms with Crippen molar-refractivity contribution in [1.29, 1.82) is 0 Å². The fraction of sp³-hybridized carbons (Fsp3) is 0.179. The van der Waals surface area contributed by atoms with Gasteiger partial charge < -0.3 is 51.0 Å². The molecular formula is C95H93N21O9. The fourth-order valence-corrected chi connectivity index (χ4v) is 14.3. The summed E-state index contributed by atoms with van der Waals surface area (Å²) >= 11 is 0. The molecule has 2 aliphatic rings. The second kappa shape index (κ2) is 38.0. The number of ether oxygens (including phenoxy) is 3. The van der Waals surface area contributed by atoms with E-state index in [1.54, 1.807) is 183 Å². The van der Waals surface area contributed by atoms with Crippen LogP contribution in [0.5, 0.6) is 34.5 Å². The quantitative estimate of drug-likeness (QED) is 0.0424. The number of rotatable bonds is 26. The van der Waals surface area contributed by atoms with Crippen LogP contribution in [0, 0.1) is 0 Å². The molecule has 0 saturated heterocycles. The molecule has 2 fully saturated rings. The first-order valence-electron chi connectivity index (χ1n) is 40.6. The van der Waals surface area contributed by atoms with Gasteiger partial charge in [0.25, 0.3) is 0 Å². The summed E-state index contributed by atoms with van der Waals surface area (Å²) in [5.74, 6) is 4.01.